The quantitative estimate of drug-likeness (QED) is 0.604. The maximum atomic E-state index is 11.2. The summed E-state index contributed by atoms with van der Waals surface area (Å²) in [4.78, 5) is 26.1. The van der Waals surface area contributed by atoms with E-state index in [0.717, 1.165) is 4.68 Å². The molecule has 0 aliphatic heterocycles. The van der Waals surface area contributed by atoms with E-state index in [2.05, 4.69) is 14.8 Å². The molecule has 0 aliphatic carbocycles. The molecule has 0 amide bonds. The molecule has 0 aliphatic rings. The number of hydrogen-bond acceptors (Lipinski definition) is 6. The van der Waals surface area contributed by atoms with Gasteiger partial charge in [-0.15, -0.1) is 5.10 Å². The number of benzene rings is 1. The van der Waals surface area contributed by atoms with Crippen LogP contribution in [-0.4, -0.2) is 38.9 Å². The maximum Gasteiger partial charge on any atom is 0.377 e. The smallest absolute Gasteiger partial charge is 0.377 e. The van der Waals surface area contributed by atoms with Crippen molar-refractivity contribution in [2.45, 2.75) is 0 Å². The van der Waals surface area contributed by atoms with Crippen LogP contribution in [0.25, 0.3) is 5.69 Å². The van der Waals surface area contributed by atoms with E-state index in [1.807, 2.05) is 0 Å². The Morgan fingerprint density at radius 3 is 2.79 bits per heavy atom. The average Bonchev–Trinajstić information content (AvgIpc) is 2.86. The number of nitrogen functional groups attached to an aromatic ring is 1. The number of carboxylic acid groups (broad SMARTS) is 1. The summed E-state index contributed by atoms with van der Waals surface area (Å²) >= 11 is 0. The molecule has 0 unspecified atom stereocenters. The van der Waals surface area contributed by atoms with Crippen LogP contribution in [0.2, 0.25) is 0 Å². The molecule has 1 aromatic heterocycles. The van der Waals surface area contributed by atoms with Crippen LogP contribution in [0.1, 0.15) is 21.0 Å². The van der Waals surface area contributed by atoms with Crippen molar-refractivity contribution in [3.05, 3.63) is 35.9 Å². The number of rotatable bonds is 3. The van der Waals surface area contributed by atoms with Gasteiger partial charge >= 0.3 is 11.9 Å². The van der Waals surface area contributed by atoms with Crippen molar-refractivity contribution in [3.63, 3.8) is 0 Å². The van der Waals surface area contributed by atoms with Crippen LogP contribution in [0, 0.1) is 0 Å². The van der Waals surface area contributed by atoms with E-state index in [4.69, 9.17) is 10.8 Å². The first-order valence-electron chi connectivity index (χ1n) is 5.16. The molecule has 1 heterocycles. The average molecular weight is 262 g/mol. The minimum atomic E-state index is -1.13. The van der Waals surface area contributed by atoms with Crippen LogP contribution in [0.5, 0.6) is 0 Å². The molecule has 0 saturated carbocycles. The number of carbonyl (C=O) groups is 2. The number of hydrogen-bond donors (Lipinski definition) is 2. The molecule has 98 valence electrons. The van der Waals surface area contributed by atoms with E-state index in [1.165, 1.54) is 31.6 Å². The van der Waals surface area contributed by atoms with Crippen molar-refractivity contribution in [1.29, 1.82) is 0 Å². The van der Waals surface area contributed by atoms with Gasteiger partial charge in [-0.05, 0) is 18.2 Å². The number of anilines is 1. The molecule has 0 bridgehead atoms. The topological polar surface area (TPSA) is 120 Å². The molecular weight excluding hydrogens is 252 g/mol. The highest BCUT2D eigenvalue weighted by Gasteiger charge is 2.16. The van der Waals surface area contributed by atoms with Crippen LogP contribution >= 0.6 is 0 Å². The van der Waals surface area contributed by atoms with Crippen LogP contribution in [0.3, 0.4) is 0 Å². The molecule has 2 rings (SSSR count). The Balaban J connectivity index is 2.52. The molecule has 1 aromatic carbocycles. The summed E-state index contributed by atoms with van der Waals surface area (Å²) in [6, 6.07) is 4.25. The third-order valence-electron chi connectivity index (χ3n) is 2.36. The molecule has 8 nitrogen and oxygen atoms in total. The van der Waals surface area contributed by atoms with E-state index in [9.17, 15) is 9.59 Å². The van der Waals surface area contributed by atoms with Crippen molar-refractivity contribution < 1.29 is 19.4 Å². The summed E-state index contributed by atoms with van der Waals surface area (Å²) in [5.41, 5.74) is 6.20. The standard InChI is InChI=1S/C11H10N4O4/c1-19-11(18)9-13-5-15(14-9)8-4-6(12)2-3-7(8)10(16)17/h2-5H,12H2,1H3,(H,16,17). The third-order valence-corrected chi connectivity index (χ3v) is 2.36. The first-order chi connectivity index (χ1) is 9.02. The number of esters is 1. The zero-order valence-electron chi connectivity index (χ0n) is 9.90. The minimum absolute atomic E-state index is 0.00415. The van der Waals surface area contributed by atoms with E-state index in [-0.39, 0.29) is 17.1 Å². The fourth-order valence-electron chi connectivity index (χ4n) is 1.48. The molecule has 8 heteroatoms. The number of nitrogens with zero attached hydrogens (tertiary/aromatic N) is 3. The summed E-state index contributed by atoms with van der Waals surface area (Å²) in [5.74, 6) is -2.01. The van der Waals surface area contributed by atoms with Gasteiger partial charge in [-0.25, -0.2) is 19.3 Å². The van der Waals surface area contributed by atoms with Crippen LogP contribution in [-0.2, 0) is 4.74 Å². The molecule has 0 spiro atoms. The van der Waals surface area contributed by atoms with Crippen LogP contribution in [0.15, 0.2) is 24.5 Å². The fourth-order valence-corrected chi connectivity index (χ4v) is 1.48. The highest BCUT2D eigenvalue weighted by Crippen LogP contribution is 2.17. The summed E-state index contributed by atoms with van der Waals surface area (Å²) in [7, 11) is 1.20. The van der Waals surface area contributed by atoms with Crippen molar-refractivity contribution in [2.75, 3.05) is 12.8 Å². The first-order valence-corrected chi connectivity index (χ1v) is 5.16. The molecule has 0 fully saturated rings. The maximum absolute atomic E-state index is 11.2. The number of methoxy groups -OCH3 is 1. The zero-order valence-corrected chi connectivity index (χ0v) is 9.90. The van der Waals surface area contributed by atoms with Crippen molar-refractivity contribution in [3.8, 4) is 5.69 Å². The van der Waals surface area contributed by atoms with Gasteiger partial charge in [-0.1, -0.05) is 0 Å². The van der Waals surface area contributed by atoms with E-state index in [1.54, 1.807) is 0 Å². The Labute approximate surface area is 107 Å². The van der Waals surface area contributed by atoms with E-state index in [0.29, 0.717) is 5.69 Å². The lowest BCUT2D eigenvalue weighted by Gasteiger charge is -2.06. The van der Waals surface area contributed by atoms with Gasteiger partial charge < -0.3 is 15.6 Å². The SMILES string of the molecule is COC(=O)c1ncn(-c2cc(N)ccc2C(=O)O)n1. The lowest BCUT2D eigenvalue weighted by Crippen LogP contribution is -2.09. The molecule has 19 heavy (non-hydrogen) atoms. The van der Waals surface area contributed by atoms with Gasteiger partial charge in [0.05, 0.1) is 18.4 Å². The molecule has 0 atom stereocenters. The minimum Gasteiger partial charge on any atom is -0.478 e. The third kappa shape index (κ3) is 2.37. The normalized spacial score (nSPS) is 10.2. The Morgan fingerprint density at radius 1 is 1.42 bits per heavy atom. The second-order valence-corrected chi connectivity index (χ2v) is 3.59. The number of nitrogens with two attached hydrogens (primary N) is 1. The van der Waals surface area contributed by atoms with E-state index < -0.39 is 11.9 Å². The van der Waals surface area contributed by atoms with Crippen molar-refractivity contribution in [2.24, 2.45) is 0 Å². The molecule has 0 radical (unpaired) electrons. The van der Waals surface area contributed by atoms with E-state index >= 15 is 0 Å². The summed E-state index contributed by atoms with van der Waals surface area (Å²) in [6.07, 6.45) is 1.22. The highest BCUT2D eigenvalue weighted by molar-refractivity contribution is 5.92. The van der Waals surface area contributed by atoms with Gasteiger partial charge in [-0.2, -0.15) is 0 Å². The Kier molecular flexibility index (Phi) is 3.15. The largest absolute Gasteiger partial charge is 0.478 e. The fraction of sp³-hybridized carbons (Fsp3) is 0.0909. The molecule has 0 saturated heterocycles. The molecule has 3 N–H and O–H groups in total. The van der Waals surface area contributed by atoms with Crippen LogP contribution in [0.4, 0.5) is 5.69 Å². The number of carboxylic acids is 1. The molecule has 2 aromatic rings. The monoisotopic (exact) mass is 262 g/mol. The van der Waals surface area contributed by atoms with Gasteiger partial charge in [-0.3, -0.25) is 0 Å². The summed E-state index contributed by atoms with van der Waals surface area (Å²) in [6.45, 7) is 0. The summed E-state index contributed by atoms with van der Waals surface area (Å²) < 4.78 is 5.63. The van der Waals surface area contributed by atoms with Crippen LogP contribution < -0.4 is 5.73 Å². The lowest BCUT2D eigenvalue weighted by molar-refractivity contribution is 0.0586. The Bertz CT molecular complexity index is 650. The van der Waals surface area contributed by atoms with Gasteiger partial charge in [0.1, 0.15) is 6.33 Å². The number of carbonyl (C=O) groups excluding carboxylic acids is 1. The van der Waals surface area contributed by atoms with Gasteiger partial charge in [0.25, 0.3) is 5.82 Å². The van der Waals surface area contributed by atoms with Crippen molar-refractivity contribution in [1.82, 2.24) is 14.8 Å². The summed E-state index contributed by atoms with van der Waals surface area (Å²) in [5, 5.41) is 12.9. The van der Waals surface area contributed by atoms with Gasteiger partial charge in [0, 0.05) is 5.69 Å². The number of aromatic carboxylic acids is 1. The Hall–Kier alpha value is -2.90. The van der Waals surface area contributed by atoms with Crippen molar-refractivity contribution >= 4 is 17.6 Å². The molecular formula is C11H10N4O4. The number of ether oxygens (including phenoxy) is 1. The zero-order chi connectivity index (χ0) is 14.0. The highest BCUT2D eigenvalue weighted by atomic mass is 16.5. The van der Waals surface area contributed by atoms with Gasteiger partial charge in [0.15, 0.2) is 0 Å². The second kappa shape index (κ2) is 4.77. The Morgan fingerprint density at radius 2 is 2.16 bits per heavy atom. The number of aromatic nitrogens is 3. The predicted octanol–water partition coefficient (Wildman–Crippen LogP) is 0.334. The predicted molar refractivity (Wildman–Crippen MR) is 64.1 cm³/mol. The first kappa shape index (κ1) is 12.6. The lowest BCUT2D eigenvalue weighted by atomic mass is 10.1. The van der Waals surface area contributed by atoms with Gasteiger partial charge in [0.2, 0.25) is 0 Å². The second-order valence-electron chi connectivity index (χ2n) is 3.59.